The molecular formula is C13H13N2O4+. The number of hydrogen-bond acceptors (Lipinski definition) is 4. The molecule has 1 aliphatic heterocycles. The van der Waals surface area contributed by atoms with Gasteiger partial charge in [0.2, 0.25) is 0 Å². The number of carbonyl (C=O) groups is 2. The van der Waals surface area contributed by atoms with E-state index in [4.69, 9.17) is 0 Å². The van der Waals surface area contributed by atoms with E-state index < -0.39 is 16.5 Å². The quantitative estimate of drug-likeness (QED) is 0.650. The highest BCUT2D eigenvalue weighted by Gasteiger charge is 2.42. The maximum atomic E-state index is 11.7. The number of pyridine rings is 1. The van der Waals surface area contributed by atoms with Crippen LogP contribution in [0.15, 0.2) is 42.8 Å². The largest absolute Gasteiger partial charge is 0.525 e. The molecular weight excluding hydrogens is 248 g/mol. The third kappa shape index (κ3) is 2.13. The van der Waals surface area contributed by atoms with Gasteiger partial charge in [0.05, 0.1) is 7.11 Å². The average molecular weight is 261 g/mol. The second kappa shape index (κ2) is 5.03. The number of esters is 1. The zero-order valence-electron chi connectivity index (χ0n) is 10.3. The summed E-state index contributed by atoms with van der Waals surface area (Å²) in [5, 5.41) is 9.52. The van der Waals surface area contributed by atoms with Crippen molar-refractivity contribution in [3.05, 3.63) is 48.3 Å². The maximum absolute atomic E-state index is 11.7. The molecule has 0 saturated carbocycles. The Labute approximate surface area is 109 Å². The van der Waals surface area contributed by atoms with Crippen molar-refractivity contribution < 1.29 is 19.4 Å². The van der Waals surface area contributed by atoms with Gasteiger partial charge in [-0.1, -0.05) is 6.08 Å². The van der Waals surface area contributed by atoms with Crippen LogP contribution in [0.4, 0.5) is 10.6 Å². The van der Waals surface area contributed by atoms with Crippen molar-refractivity contribution >= 4 is 17.9 Å². The van der Waals surface area contributed by atoms with Gasteiger partial charge in [0.15, 0.2) is 0 Å². The van der Waals surface area contributed by atoms with Gasteiger partial charge in [-0.3, -0.25) is 0 Å². The molecule has 1 N–H and O–H groups in total. The van der Waals surface area contributed by atoms with Crippen molar-refractivity contribution in [1.82, 2.24) is 9.47 Å². The number of carboxylic acid groups (broad SMARTS) is 1. The zero-order chi connectivity index (χ0) is 13.9. The fourth-order valence-electron chi connectivity index (χ4n) is 1.94. The number of carbonyl (C=O) groups excluding carboxylic acids is 1. The Bertz CT molecular complexity index is 580. The molecule has 0 fully saturated rings. The summed E-state index contributed by atoms with van der Waals surface area (Å²) in [5.74, 6) is -0.466. The molecule has 2 rings (SSSR count). The minimum Gasteiger partial charge on any atom is -0.465 e. The van der Waals surface area contributed by atoms with Crippen molar-refractivity contribution in [1.29, 1.82) is 0 Å². The van der Waals surface area contributed by atoms with E-state index in [1.807, 2.05) is 0 Å². The first-order valence-corrected chi connectivity index (χ1v) is 5.61. The summed E-state index contributed by atoms with van der Waals surface area (Å²) in [7, 11) is 1.25. The van der Waals surface area contributed by atoms with Gasteiger partial charge in [0.1, 0.15) is 18.3 Å². The third-order valence-corrected chi connectivity index (χ3v) is 2.89. The Morgan fingerprint density at radius 3 is 2.79 bits per heavy atom. The number of ether oxygens (including phenoxy) is 1. The molecule has 2 heterocycles. The lowest BCUT2D eigenvalue weighted by atomic mass is 10.2. The Balaban J connectivity index is 2.62. The van der Waals surface area contributed by atoms with Gasteiger partial charge in [0.25, 0.3) is 5.82 Å². The number of nitrogens with zero attached hydrogens (tertiary/aromatic N) is 2. The van der Waals surface area contributed by atoms with Crippen LogP contribution < -0.4 is 4.48 Å². The molecule has 1 unspecified atom stereocenters. The lowest BCUT2D eigenvalue weighted by Gasteiger charge is -2.28. The predicted octanol–water partition coefficient (Wildman–Crippen LogP) is 1.94. The molecule has 6 nitrogen and oxygen atoms in total. The fraction of sp³-hybridized carbons (Fsp3) is 0.154. The summed E-state index contributed by atoms with van der Waals surface area (Å²) >= 11 is 0. The number of quaternary nitrogens is 1. The molecule has 1 aromatic heterocycles. The Hall–Kier alpha value is -2.47. The van der Waals surface area contributed by atoms with Crippen LogP contribution in [0.25, 0.3) is 0 Å². The molecule has 19 heavy (non-hydrogen) atoms. The molecule has 0 saturated heterocycles. The molecule has 1 atom stereocenters. The van der Waals surface area contributed by atoms with Crippen molar-refractivity contribution in [2.24, 2.45) is 0 Å². The Kier molecular flexibility index (Phi) is 3.43. The highest BCUT2D eigenvalue weighted by Crippen LogP contribution is 2.28. The van der Waals surface area contributed by atoms with E-state index in [9.17, 15) is 14.7 Å². The first kappa shape index (κ1) is 13.0. The van der Waals surface area contributed by atoms with Crippen molar-refractivity contribution in [3.63, 3.8) is 0 Å². The highest BCUT2D eigenvalue weighted by atomic mass is 16.5. The van der Waals surface area contributed by atoms with Crippen LogP contribution in [0.5, 0.6) is 0 Å². The first-order valence-electron chi connectivity index (χ1n) is 5.61. The molecule has 0 spiro atoms. The van der Waals surface area contributed by atoms with Crippen LogP contribution in [-0.2, 0) is 4.74 Å². The summed E-state index contributed by atoms with van der Waals surface area (Å²) in [4.78, 5) is 27.4. The number of amides is 1. The van der Waals surface area contributed by atoms with Gasteiger partial charge < -0.3 is 9.84 Å². The van der Waals surface area contributed by atoms with Crippen LogP contribution in [0, 0.1) is 0 Å². The van der Waals surface area contributed by atoms with E-state index in [0.717, 1.165) is 0 Å². The minimum atomic E-state index is -1.11. The molecule has 1 aromatic rings. The maximum Gasteiger partial charge on any atom is 0.525 e. The van der Waals surface area contributed by atoms with E-state index in [0.29, 0.717) is 0 Å². The second-order valence-electron chi connectivity index (χ2n) is 3.97. The Morgan fingerprint density at radius 2 is 2.21 bits per heavy atom. The van der Waals surface area contributed by atoms with Crippen LogP contribution in [0.2, 0.25) is 0 Å². The van der Waals surface area contributed by atoms with E-state index in [1.54, 1.807) is 24.3 Å². The van der Waals surface area contributed by atoms with Crippen LogP contribution in [0.3, 0.4) is 0 Å². The monoisotopic (exact) mass is 261 g/mol. The molecule has 0 radical (unpaired) electrons. The van der Waals surface area contributed by atoms with E-state index in [-0.39, 0.29) is 17.9 Å². The van der Waals surface area contributed by atoms with E-state index in [1.165, 1.54) is 25.6 Å². The second-order valence-corrected chi connectivity index (χ2v) is 3.97. The fourth-order valence-corrected chi connectivity index (χ4v) is 1.94. The zero-order valence-corrected chi connectivity index (χ0v) is 10.3. The smallest absolute Gasteiger partial charge is 0.465 e. The van der Waals surface area contributed by atoms with E-state index >= 15 is 0 Å². The summed E-state index contributed by atoms with van der Waals surface area (Å²) in [6, 6.07) is 3.07. The normalized spacial score (nSPS) is 21.1. The molecule has 6 heteroatoms. The molecule has 1 amide bonds. The van der Waals surface area contributed by atoms with Crippen LogP contribution in [0.1, 0.15) is 10.4 Å². The predicted molar refractivity (Wildman–Crippen MR) is 68.5 cm³/mol. The first-order chi connectivity index (χ1) is 9.12. The number of hydrogen-bond donors (Lipinski definition) is 1. The number of methoxy groups -OCH3 is 1. The topological polar surface area (TPSA) is 76.5 Å². The SMILES string of the molecule is COC(=O)c1cccnc1[N+]1(C(=O)O)C=CC=CC1. The molecule has 98 valence electrons. The summed E-state index contributed by atoms with van der Waals surface area (Å²) in [6.45, 7) is 0.187. The van der Waals surface area contributed by atoms with Crippen molar-refractivity contribution in [2.45, 2.75) is 0 Å². The number of allylic oxidation sites excluding steroid dienone is 2. The van der Waals surface area contributed by atoms with Gasteiger partial charge in [-0.2, -0.15) is 4.79 Å². The molecule has 0 bridgehead atoms. The molecule has 0 aliphatic carbocycles. The molecule has 0 aromatic carbocycles. The van der Waals surface area contributed by atoms with Gasteiger partial charge in [-0.05, 0) is 24.3 Å². The average Bonchev–Trinajstić information content (AvgIpc) is 2.47. The van der Waals surface area contributed by atoms with Gasteiger partial charge >= 0.3 is 12.1 Å². The third-order valence-electron chi connectivity index (χ3n) is 2.89. The van der Waals surface area contributed by atoms with Gasteiger partial charge in [-0.25, -0.2) is 9.78 Å². The number of aromatic nitrogens is 1. The van der Waals surface area contributed by atoms with Gasteiger partial charge in [-0.15, -0.1) is 4.48 Å². The summed E-state index contributed by atoms with van der Waals surface area (Å²) in [5.41, 5.74) is 0.146. The minimum absolute atomic E-state index is 0.141. The van der Waals surface area contributed by atoms with E-state index in [2.05, 4.69) is 9.72 Å². The summed E-state index contributed by atoms with van der Waals surface area (Å²) < 4.78 is 4.11. The summed E-state index contributed by atoms with van der Waals surface area (Å²) in [6.07, 6.45) is 6.91. The lowest BCUT2D eigenvalue weighted by Crippen LogP contribution is -2.50. The van der Waals surface area contributed by atoms with Gasteiger partial charge in [0, 0.05) is 6.20 Å². The molecule has 1 aliphatic rings. The van der Waals surface area contributed by atoms with Crippen molar-refractivity contribution in [2.75, 3.05) is 13.7 Å². The van der Waals surface area contributed by atoms with Crippen molar-refractivity contribution in [3.8, 4) is 0 Å². The standard InChI is InChI=1S/C13H12N2O4/c1-19-12(16)10-6-5-7-14-11(10)15(13(17)18)8-3-2-4-9-15/h2-8H,9H2,1H3/p+1. The highest BCUT2D eigenvalue weighted by molar-refractivity contribution is 5.97. The Morgan fingerprint density at radius 1 is 1.42 bits per heavy atom. The number of rotatable bonds is 2. The van der Waals surface area contributed by atoms with Crippen LogP contribution >= 0.6 is 0 Å². The lowest BCUT2D eigenvalue weighted by molar-refractivity contribution is 0.0599. The van der Waals surface area contributed by atoms with Crippen LogP contribution in [-0.4, -0.2) is 35.8 Å².